The van der Waals surface area contributed by atoms with Crippen LogP contribution in [-0.2, 0) is 20.6 Å². The van der Waals surface area contributed by atoms with Crippen LogP contribution in [0.3, 0.4) is 0 Å². The van der Waals surface area contributed by atoms with Gasteiger partial charge in [0.15, 0.2) is 11.5 Å². The highest BCUT2D eigenvalue weighted by Crippen LogP contribution is 2.45. The van der Waals surface area contributed by atoms with E-state index in [0.717, 1.165) is 55.7 Å². The molecule has 2 aromatic carbocycles. The molecule has 0 radical (unpaired) electrons. The molecule has 4 rings (SSSR count). The lowest BCUT2D eigenvalue weighted by molar-refractivity contribution is -0.121. The number of nitrogens with one attached hydrogen (secondary N) is 2. The summed E-state index contributed by atoms with van der Waals surface area (Å²) in [7, 11) is -3.58. The molecule has 2 aromatic heterocycles. The molecule has 4 aromatic rings. The van der Waals surface area contributed by atoms with Crippen LogP contribution in [0.2, 0.25) is 0 Å². The monoisotopic (exact) mass is 739 g/mol. The van der Waals surface area contributed by atoms with Gasteiger partial charge in [0.2, 0.25) is 5.91 Å². The maximum atomic E-state index is 14.2. The van der Waals surface area contributed by atoms with Crippen molar-refractivity contribution in [2.45, 2.75) is 77.9 Å². The van der Waals surface area contributed by atoms with Gasteiger partial charge in [0.25, 0.3) is 0 Å². The Hall–Kier alpha value is -4.83. The van der Waals surface area contributed by atoms with Gasteiger partial charge in [-0.3, -0.25) is 9.36 Å². The van der Waals surface area contributed by atoms with Crippen molar-refractivity contribution in [1.82, 2.24) is 29.9 Å². The van der Waals surface area contributed by atoms with Gasteiger partial charge >= 0.3 is 7.52 Å². The summed E-state index contributed by atoms with van der Waals surface area (Å²) in [5, 5.41) is 7.78. The van der Waals surface area contributed by atoms with E-state index in [1.807, 2.05) is 47.9 Å². The van der Waals surface area contributed by atoms with E-state index >= 15 is 0 Å². The number of ether oxygens (including phenoxy) is 1. The molecule has 0 aliphatic carbocycles. The summed E-state index contributed by atoms with van der Waals surface area (Å²) in [4.78, 5) is 25.1. The van der Waals surface area contributed by atoms with E-state index in [4.69, 9.17) is 15.0 Å². The Bertz CT molecular complexity index is 1910. The molecule has 0 aliphatic heterocycles. The molecule has 53 heavy (non-hydrogen) atoms. The molecule has 11 nitrogen and oxygen atoms in total. The second-order valence-electron chi connectivity index (χ2n) is 12.5. The first kappa shape index (κ1) is 40.9. The predicted molar refractivity (Wildman–Crippen MR) is 217 cm³/mol. The number of hydrogen-bond donors (Lipinski definition) is 3. The van der Waals surface area contributed by atoms with Gasteiger partial charge in [0, 0.05) is 24.9 Å². The minimum Gasteiger partial charge on any atom is -0.431 e. The number of carbonyl (C=O) groups excluding carboxylic acids is 1. The number of benzene rings is 2. The van der Waals surface area contributed by atoms with Crippen molar-refractivity contribution < 1.29 is 18.6 Å². The van der Waals surface area contributed by atoms with Crippen molar-refractivity contribution in [3.63, 3.8) is 0 Å². The van der Waals surface area contributed by atoms with E-state index in [-0.39, 0.29) is 24.9 Å². The summed E-state index contributed by atoms with van der Waals surface area (Å²) >= 11 is 0. The Morgan fingerprint density at radius 1 is 0.887 bits per heavy atom. The minimum atomic E-state index is -3.58. The number of nitrogens with two attached hydrogens (primary N) is 1. The molecule has 282 valence electrons. The summed E-state index contributed by atoms with van der Waals surface area (Å²) in [6.07, 6.45) is 31.1. The first-order valence-electron chi connectivity index (χ1n) is 18.4. The maximum absolute atomic E-state index is 14.2. The number of fused-ring (bicyclic) bond motifs is 2. The van der Waals surface area contributed by atoms with Crippen LogP contribution in [0.5, 0.6) is 5.75 Å². The quantitative estimate of drug-likeness (QED) is 0.0364. The lowest BCUT2D eigenvalue weighted by atomic mass is 10.1. The van der Waals surface area contributed by atoms with Gasteiger partial charge in [-0.05, 0) is 63.3 Å². The average molecular weight is 740 g/mol. The second-order valence-corrected chi connectivity index (χ2v) is 14.6. The Labute approximate surface area is 313 Å². The number of hydrogen-bond acceptors (Lipinski definition) is 8. The number of carbonyl (C=O) groups is 1. The molecule has 2 atom stereocenters. The number of rotatable bonds is 24. The normalized spacial score (nSPS) is 14.1. The molecule has 12 heteroatoms. The van der Waals surface area contributed by atoms with Gasteiger partial charge in [-0.1, -0.05) is 104 Å². The Morgan fingerprint density at radius 3 is 2.30 bits per heavy atom. The first-order chi connectivity index (χ1) is 25.9. The lowest BCUT2D eigenvalue weighted by Crippen LogP contribution is -2.32. The third-order valence-corrected chi connectivity index (χ3v) is 9.83. The van der Waals surface area contributed by atoms with Crippen LogP contribution in [0, 0.1) is 0 Å². The van der Waals surface area contributed by atoms with Crippen molar-refractivity contribution in [3.05, 3.63) is 116 Å². The SMILES string of the molecule is CCC=CCC=CCC=CCC=CCC=CCCCC(=O)NCCNP(=O)(CO[C@H](C)Cn1cnc2c(N)ncnc21)Oc1cccc2ccccc12. The molecule has 2 heterocycles. The van der Waals surface area contributed by atoms with Crippen molar-refractivity contribution in [2.24, 2.45) is 0 Å². The fraction of sp³-hybridized carbons (Fsp3) is 0.366. The van der Waals surface area contributed by atoms with Crippen LogP contribution in [0.4, 0.5) is 5.82 Å². The van der Waals surface area contributed by atoms with Gasteiger partial charge in [0.1, 0.15) is 23.9 Å². The Balaban J connectivity index is 1.18. The summed E-state index contributed by atoms with van der Waals surface area (Å²) in [6.45, 7) is 4.95. The lowest BCUT2D eigenvalue weighted by Gasteiger charge is -2.23. The third-order valence-electron chi connectivity index (χ3n) is 8.14. The maximum Gasteiger partial charge on any atom is 0.342 e. The zero-order valence-corrected chi connectivity index (χ0v) is 31.9. The molecule has 1 amide bonds. The number of anilines is 1. The highest BCUT2D eigenvalue weighted by Gasteiger charge is 2.27. The van der Waals surface area contributed by atoms with Crippen molar-refractivity contribution in [1.29, 1.82) is 0 Å². The highest BCUT2D eigenvalue weighted by molar-refractivity contribution is 7.57. The number of allylic oxidation sites excluding steroid dienone is 10. The second kappa shape index (κ2) is 23.0. The number of nitrogen functional groups attached to an aromatic ring is 1. The van der Waals surface area contributed by atoms with Crippen LogP contribution in [0.25, 0.3) is 21.9 Å². The van der Waals surface area contributed by atoms with E-state index in [9.17, 15) is 9.36 Å². The van der Waals surface area contributed by atoms with Gasteiger partial charge in [-0.25, -0.2) is 20.0 Å². The van der Waals surface area contributed by atoms with Crippen molar-refractivity contribution in [2.75, 3.05) is 25.2 Å². The van der Waals surface area contributed by atoms with E-state index in [0.29, 0.717) is 42.2 Å². The zero-order chi connectivity index (χ0) is 37.6. The van der Waals surface area contributed by atoms with E-state index in [2.05, 4.69) is 93.0 Å². The topological polar surface area (TPSA) is 146 Å². The third kappa shape index (κ3) is 14.6. The van der Waals surface area contributed by atoms with Crippen LogP contribution in [0.15, 0.2) is 116 Å². The van der Waals surface area contributed by atoms with Gasteiger partial charge in [-0.15, -0.1) is 0 Å². The Morgan fingerprint density at radius 2 is 1.57 bits per heavy atom. The number of imidazole rings is 1. The fourth-order valence-electron chi connectivity index (χ4n) is 5.39. The van der Waals surface area contributed by atoms with Crippen LogP contribution < -0.4 is 20.7 Å². The number of amides is 1. The molecule has 1 unspecified atom stereocenters. The highest BCUT2D eigenvalue weighted by atomic mass is 31.2. The summed E-state index contributed by atoms with van der Waals surface area (Å²) in [6, 6.07) is 13.4. The summed E-state index contributed by atoms with van der Waals surface area (Å²) in [5.41, 5.74) is 7.04. The molecule has 0 spiro atoms. The number of aromatic nitrogens is 4. The summed E-state index contributed by atoms with van der Waals surface area (Å²) in [5.74, 6) is 0.741. The summed E-state index contributed by atoms with van der Waals surface area (Å²) < 4.78 is 28.3. The van der Waals surface area contributed by atoms with Gasteiger partial charge < -0.3 is 24.9 Å². The van der Waals surface area contributed by atoms with Gasteiger partial charge in [-0.2, -0.15) is 0 Å². The van der Waals surface area contributed by atoms with Crippen LogP contribution >= 0.6 is 7.52 Å². The zero-order valence-electron chi connectivity index (χ0n) is 31.0. The molecular formula is C41H54N7O4P. The predicted octanol–water partition coefficient (Wildman–Crippen LogP) is 8.82. The van der Waals surface area contributed by atoms with E-state index in [1.54, 1.807) is 12.4 Å². The van der Waals surface area contributed by atoms with Crippen molar-refractivity contribution >= 4 is 41.2 Å². The number of nitrogens with zero attached hydrogens (tertiary/aromatic N) is 4. The fourth-order valence-corrected chi connectivity index (χ4v) is 6.98. The molecule has 0 saturated carbocycles. The first-order valence-corrected chi connectivity index (χ1v) is 20.3. The van der Waals surface area contributed by atoms with Gasteiger partial charge in [0.05, 0.1) is 19.0 Å². The van der Waals surface area contributed by atoms with Crippen LogP contribution in [0.1, 0.15) is 65.2 Å². The van der Waals surface area contributed by atoms with Crippen LogP contribution in [-0.4, -0.2) is 51.0 Å². The Kier molecular flexibility index (Phi) is 17.7. The van der Waals surface area contributed by atoms with E-state index < -0.39 is 7.52 Å². The standard InChI is InChI=1S/C41H54N7O4P/c1-3-4-5-6-7-8-9-10-11-12-13-14-15-16-17-18-19-27-38(49)43-28-29-47-53(50,52-37-26-22-24-35-23-20-21-25-36(35)37)33-51-34(2)30-48-32-46-39-40(42)44-31-45-41(39)48/h4-5,7-8,10-11,13-14,16-17,20-26,31-32,34H,3,6,9,12,15,18-19,27-30,33H2,1-2H3,(H,43,49)(H,47,50)(H2,42,44,45)/t34-,53?/m1/s1. The minimum absolute atomic E-state index is 0.0502. The molecule has 0 bridgehead atoms. The molecular weight excluding hydrogens is 685 g/mol. The molecule has 0 fully saturated rings. The largest absolute Gasteiger partial charge is 0.431 e. The van der Waals surface area contributed by atoms with Crippen molar-refractivity contribution in [3.8, 4) is 5.75 Å². The average Bonchev–Trinajstić information content (AvgIpc) is 3.57. The van der Waals surface area contributed by atoms with E-state index in [1.165, 1.54) is 6.33 Å². The smallest absolute Gasteiger partial charge is 0.342 e. The molecule has 4 N–H and O–H groups in total. The molecule has 0 aliphatic rings. The number of unbranched alkanes of at least 4 members (excludes halogenated alkanes) is 1. The molecule has 0 saturated heterocycles.